The Hall–Kier alpha value is -2.56. The number of rotatable bonds is 10. The smallest absolute Gasteiger partial charge is 0.330 e. The zero-order valence-corrected chi connectivity index (χ0v) is 18.0. The van der Waals surface area contributed by atoms with Gasteiger partial charge in [0.05, 0.1) is 11.5 Å². The average Bonchev–Trinajstić information content (AvgIpc) is 3.06. The van der Waals surface area contributed by atoms with Crippen LogP contribution in [0.25, 0.3) is 0 Å². The number of hydrogen-bond acceptors (Lipinski definition) is 8. The number of unbranched alkanes of at least 4 members (excludes halogenated alkanes) is 1. The number of thioether (sulfide) groups is 1. The molecule has 3 N–H and O–H groups in total. The predicted octanol–water partition coefficient (Wildman–Crippen LogP) is 1.53. The summed E-state index contributed by atoms with van der Waals surface area (Å²) in [5.74, 6) is 1.36. The second-order valence-electron chi connectivity index (χ2n) is 7.12. The van der Waals surface area contributed by atoms with E-state index in [0.717, 1.165) is 6.42 Å². The first-order valence-corrected chi connectivity index (χ1v) is 10.7. The number of nitrogens with two attached hydrogens (primary N) is 1. The lowest BCUT2D eigenvalue weighted by molar-refractivity contribution is -0.116. The molecule has 0 saturated heterocycles. The van der Waals surface area contributed by atoms with Gasteiger partial charge in [0.25, 0.3) is 5.56 Å². The normalized spacial score (nSPS) is 11.2. The summed E-state index contributed by atoms with van der Waals surface area (Å²) in [5, 5.41) is 3.80. The van der Waals surface area contributed by atoms with E-state index in [9.17, 15) is 14.4 Å². The second-order valence-corrected chi connectivity index (χ2v) is 8.10. The SMILES string of the molecule is CCCCN(C(=O)CSCc1noc(C)n1)c1c(N)n(CC(C)C)c(=O)[nH]c1=O. The monoisotopic (exact) mass is 424 g/mol. The lowest BCUT2D eigenvalue weighted by atomic mass is 10.2. The maximum atomic E-state index is 12.9. The highest BCUT2D eigenvalue weighted by Gasteiger charge is 2.24. The van der Waals surface area contributed by atoms with Gasteiger partial charge >= 0.3 is 5.69 Å². The Labute approximate surface area is 172 Å². The van der Waals surface area contributed by atoms with Crippen molar-refractivity contribution >= 4 is 29.2 Å². The minimum Gasteiger partial charge on any atom is -0.383 e. The van der Waals surface area contributed by atoms with Crippen molar-refractivity contribution in [3.63, 3.8) is 0 Å². The van der Waals surface area contributed by atoms with Gasteiger partial charge in [-0.2, -0.15) is 4.98 Å². The number of amides is 1. The van der Waals surface area contributed by atoms with Crippen LogP contribution in [0.2, 0.25) is 0 Å². The van der Waals surface area contributed by atoms with E-state index < -0.39 is 11.2 Å². The Morgan fingerprint density at radius 1 is 1.38 bits per heavy atom. The number of aromatic amines is 1. The van der Waals surface area contributed by atoms with E-state index in [1.165, 1.54) is 21.2 Å². The van der Waals surface area contributed by atoms with Crippen molar-refractivity contribution in [3.8, 4) is 0 Å². The van der Waals surface area contributed by atoms with Crippen LogP contribution in [-0.2, 0) is 17.1 Å². The third-order valence-electron chi connectivity index (χ3n) is 4.09. The molecule has 0 fully saturated rings. The molecule has 0 aliphatic carbocycles. The molecule has 0 aromatic carbocycles. The van der Waals surface area contributed by atoms with Crippen LogP contribution in [0.4, 0.5) is 11.5 Å². The highest BCUT2D eigenvalue weighted by Crippen LogP contribution is 2.20. The summed E-state index contributed by atoms with van der Waals surface area (Å²) in [6.45, 7) is 8.24. The Bertz CT molecular complexity index is 949. The number of nitrogens with zero attached hydrogens (tertiary/aromatic N) is 4. The molecule has 0 bridgehead atoms. The largest absolute Gasteiger partial charge is 0.383 e. The van der Waals surface area contributed by atoms with Crippen molar-refractivity contribution in [2.24, 2.45) is 5.92 Å². The molecule has 2 rings (SSSR count). The predicted molar refractivity (Wildman–Crippen MR) is 113 cm³/mol. The van der Waals surface area contributed by atoms with Crippen LogP contribution in [-0.4, -0.2) is 37.9 Å². The Morgan fingerprint density at radius 3 is 2.69 bits per heavy atom. The van der Waals surface area contributed by atoms with Crippen LogP contribution >= 0.6 is 11.8 Å². The lowest BCUT2D eigenvalue weighted by Crippen LogP contribution is -2.42. The third-order valence-corrected chi connectivity index (χ3v) is 5.01. The molecular formula is C18H28N6O4S. The fourth-order valence-electron chi connectivity index (χ4n) is 2.77. The maximum Gasteiger partial charge on any atom is 0.330 e. The van der Waals surface area contributed by atoms with Gasteiger partial charge < -0.3 is 15.2 Å². The first kappa shape index (κ1) is 22.7. The number of H-pyrrole nitrogens is 1. The van der Waals surface area contributed by atoms with Crippen molar-refractivity contribution in [1.29, 1.82) is 0 Å². The van der Waals surface area contributed by atoms with Gasteiger partial charge in [-0.15, -0.1) is 11.8 Å². The van der Waals surface area contributed by atoms with Gasteiger partial charge in [-0.1, -0.05) is 32.3 Å². The summed E-state index contributed by atoms with van der Waals surface area (Å²) < 4.78 is 6.22. The minimum absolute atomic E-state index is 0.00990. The summed E-state index contributed by atoms with van der Waals surface area (Å²) in [6, 6.07) is 0. The van der Waals surface area contributed by atoms with E-state index in [2.05, 4.69) is 15.1 Å². The fourth-order valence-corrected chi connectivity index (χ4v) is 3.50. The van der Waals surface area contributed by atoms with E-state index in [1.54, 1.807) is 6.92 Å². The molecule has 0 saturated carbocycles. The fraction of sp³-hybridized carbons (Fsp3) is 0.611. The van der Waals surface area contributed by atoms with Gasteiger partial charge in [0.1, 0.15) is 5.82 Å². The van der Waals surface area contributed by atoms with Crippen LogP contribution in [0.3, 0.4) is 0 Å². The van der Waals surface area contributed by atoms with Crippen LogP contribution in [0.15, 0.2) is 14.1 Å². The average molecular weight is 425 g/mol. The number of nitrogens with one attached hydrogen (secondary N) is 1. The lowest BCUT2D eigenvalue weighted by Gasteiger charge is -2.24. The molecule has 0 aliphatic rings. The van der Waals surface area contributed by atoms with Gasteiger partial charge in [0, 0.05) is 20.0 Å². The molecule has 29 heavy (non-hydrogen) atoms. The van der Waals surface area contributed by atoms with Crippen LogP contribution in [0.5, 0.6) is 0 Å². The molecule has 2 heterocycles. The number of carbonyl (C=O) groups excluding carboxylic acids is 1. The molecule has 10 nitrogen and oxygen atoms in total. The maximum absolute atomic E-state index is 12.9. The van der Waals surface area contributed by atoms with Crippen LogP contribution in [0.1, 0.15) is 45.3 Å². The van der Waals surface area contributed by atoms with E-state index in [1.807, 2.05) is 20.8 Å². The summed E-state index contributed by atoms with van der Waals surface area (Å²) in [7, 11) is 0. The quantitative estimate of drug-likeness (QED) is 0.585. The number of nitrogen functional groups attached to an aromatic ring is 1. The summed E-state index contributed by atoms with van der Waals surface area (Å²) >= 11 is 1.32. The highest BCUT2D eigenvalue weighted by atomic mass is 32.2. The second kappa shape index (κ2) is 10.3. The molecule has 160 valence electrons. The van der Waals surface area contributed by atoms with Crippen molar-refractivity contribution in [1.82, 2.24) is 19.7 Å². The van der Waals surface area contributed by atoms with Crippen molar-refractivity contribution in [2.45, 2.75) is 52.8 Å². The molecule has 0 unspecified atom stereocenters. The first-order chi connectivity index (χ1) is 13.7. The molecule has 2 aromatic heterocycles. The van der Waals surface area contributed by atoms with E-state index in [0.29, 0.717) is 37.0 Å². The van der Waals surface area contributed by atoms with E-state index >= 15 is 0 Å². The molecule has 0 aliphatic heterocycles. The number of anilines is 2. The van der Waals surface area contributed by atoms with Crippen LogP contribution in [0, 0.1) is 12.8 Å². The van der Waals surface area contributed by atoms with E-state index in [4.69, 9.17) is 10.3 Å². The first-order valence-electron chi connectivity index (χ1n) is 9.54. The Balaban J connectivity index is 2.27. The molecule has 0 atom stereocenters. The van der Waals surface area contributed by atoms with Gasteiger partial charge in [-0.05, 0) is 12.3 Å². The Morgan fingerprint density at radius 2 is 2.10 bits per heavy atom. The molecule has 0 spiro atoms. The zero-order chi connectivity index (χ0) is 21.6. The minimum atomic E-state index is -0.657. The van der Waals surface area contributed by atoms with Crippen molar-refractivity contribution in [2.75, 3.05) is 22.9 Å². The summed E-state index contributed by atoms with van der Waals surface area (Å²) in [5.41, 5.74) is 4.97. The molecule has 1 amide bonds. The molecule has 11 heteroatoms. The zero-order valence-electron chi connectivity index (χ0n) is 17.2. The molecular weight excluding hydrogens is 396 g/mol. The van der Waals surface area contributed by atoms with Crippen molar-refractivity contribution < 1.29 is 9.32 Å². The summed E-state index contributed by atoms with van der Waals surface area (Å²) in [6.07, 6.45) is 1.53. The van der Waals surface area contributed by atoms with Gasteiger partial charge in [0.15, 0.2) is 11.5 Å². The number of aromatic nitrogens is 4. The van der Waals surface area contributed by atoms with E-state index in [-0.39, 0.29) is 29.1 Å². The topological polar surface area (TPSA) is 140 Å². The van der Waals surface area contributed by atoms with Gasteiger partial charge in [-0.3, -0.25) is 19.1 Å². The number of hydrogen-bond donors (Lipinski definition) is 2. The Kier molecular flexibility index (Phi) is 8.06. The molecule has 0 radical (unpaired) electrons. The van der Waals surface area contributed by atoms with Gasteiger partial charge in [-0.25, -0.2) is 4.79 Å². The van der Waals surface area contributed by atoms with Crippen LogP contribution < -0.4 is 21.9 Å². The van der Waals surface area contributed by atoms with Gasteiger partial charge in [0.2, 0.25) is 11.8 Å². The molecule has 2 aromatic rings. The summed E-state index contributed by atoms with van der Waals surface area (Å²) in [4.78, 5) is 45.4. The highest BCUT2D eigenvalue weighted by molar-refractivity contribution is 7.99. The number of aryl methyl sites for hydroxylation is 1. The third kappa shape index (κ3) is 5.96. The van der Waals surface area contributed by atoms with Crippen molar-refractivity contribution in [3.05, 3.63) is 32.6 Å². The standard InChI is InChI=1S/C18H28N6O4S/c1-5-6-7-23(14(25)10-29-9-13-20-12(4)28-22-13)15-16(19)24(8-11(2)3)18(27)21-17(15)26/h11H,5-10,19H2,1-4H3,(H,21,26,27). The number of carbonyl (C=O) groups is 1.